The molecule has 4 heteroatoms. The molecule has 1 heterocycles. The van der Waals surface area contributed by atoms with E-state index in [1.54, 1.807) is 0 Å². The highest BCUT2D eigenvalue weighted by atomic mass is 16.5. The maximum absolute atomic E-state index is 13.4. The van der Waals surface area contributed by atoms with E-state index in [0.29, 0.717) is 12.2 Å². The summed E-state index contributed by atoms with van der Waals surface area (Å²) in [4.78, 5) is 15.3. The zero-order valence-corrected chi connectivity index (χ0v) is 16.8. The number of nitrogens with zero attached hydrogens (tertiary/aromatic N) is 1. The lowest BCUT2D eigenvalue weighted by Gasteiger charge is -2.40. The molecule has 4 rings (SSSR count). The zero-order valence-electron chi connectivity index (χ0n) is 16.8. The van der Waals surface area contributed by atoms with E-state index < -0.39 is 0 Å². The number of hydrogen-bond acceptors (Lipinski definition) is 3. The summed E-state index contributed by atoms with van der Waals surface area (Å²) < 4.78 is 5.50. The number of carbonyl (C=O) groups excluding carboxylic acids is 1. The van der Waals surface area contributed by atoms with Crippen LogP contribution in [0.2, 0.25) is 0 Å². The van der Waals surface area contributed by atoms with Crippen molar-refractivity contribution in [2.24, 2.45) is 0 Å². The first kappa shape index (κ1) is 19.1. The van der Waals surface area contributed by atoms with Gasteiger partial charge >= 0.3 is 0 Å². The minimum Gasteiger partial charge on any atom is -0.494 e. The lowest BCUT2D eigenvalue weighted by molar-refractivity contribution is 0.0974. The van der Waals surface area contributed by atoms with Crippen molar-refractivity contribution < 1.29 is 9.53 Å². The summed E-state index contributed by atoms with van der Waals surface area (Å²) in [6.07, 6.45) is 0.842. The van der Waals surface area contributed by atoms with E-state index in [0.717, 1.165) is 29.1 Å². The van der Waals surface area contributed by atoms with Crippen LogP contribution in [-0.4, -0.2) is 18.6 Å². The molecule has 3 aromatic carbocycles. The van der Waals surface area contributed by atoms with E-state index in [-0.39, 0.29) is 18.0 Å². The Bertz CT molecular complexity index is 970. The molecule has 1 aliphatic heterocycles. The number of nitrogens with one attached hydrogen (secondary N) is 1. The summed E-state index contributed by atoms with van der Waals surface area (Å²) in [5.41, 5.74) is 3.88. The lowest BCUT2D eigenvalue weighted by atomic mass is 9.90. The van der Waals surface area contributed by atoms with Gasteiger partial charge in [-0.2, -0.15) is 0 Å². The van der Waals surface area contributed by atoms with Gasteiger partial charge in [0, 0.05) is 23.0 Å². The highest BCUT2D eigenvalue weighted by Crippen LogP contribution is 2.39. The average molecular weight is 386 g/mol. The largest absolute Gasteiger partial charge is 0.494 e. The van der Waals surface area contributed by atoms with Crippen molar-refractivity contribution in [2.45, 2.75) is 32.4 Å². The summed E-state index contributed by atoms with van der Waals surface area (Å²) in [5.74, 6) is 0.800. The average Bonchev–Trinajstić information content (AvgIpc) is 2.75. The first-order valence-electron chi connectivity index (χ1n) is 10.1. The summed E-state index contributed by atoms with van der Waals surface area (Å²) in [7, 11) is 0. The molecule has 2 atom stereocenters. The second-order valence-corrected chi connectivity index (χ2v) is 7.34. The van der Waals surface area contributed by atoms with Crippen molar-refractivity contribution in [1.29, 1.82) is 0 Å². The van der Waals surface area contributed by atoms with Crippen molar-refractivity contribution in [3.63, 3.8) is 0 Å². The van der Waals surface area contributed by atoms with Crippen molar-refractivity contribution in [3.8, 4) is 5.75 Å². The first-order valence-corrected chi connectivity index (χ1v) is 10.1. The molecule has 29 heavy (non-hydrogen) atoms. The molecule has 0 saturated heterocycles. The SMILES string of the molecule is CCOc1ccc(C(=O)N2c3ccccc3[C@@H](Nc3ccccc3)C[C@@H]2C)cc1. The Balaban J connectivity index is 1.63. The van der Waals surface area contributed by atoms with E-state index in [4.69, 9.17) is 4.74 Å². The van der Waals surface area contributed by atoms with Gasteiger partial charge in [0.25, 0.3) is 5.91 Å². The van der Waals surface area contributed by atoms with Gasteiger partial charge in [0.1, 0.15) is 5.75 Å². The number of carbonyl (C=O) groups is 1. The van der Waals surface area contributed by atoms with E-state index in [9.17, 15) is 4.79 Å². The highest BCUT2D eigenvalue weighted by Gasteiger charge is 2.34. The Morgan fingerprint density at radius 3 is 2.41 bits per heavy atom. The highest BCUT2D eigenvalue weighted by molar-refractivity contribution is 6.07. The van der Waals surface area contributed by atoms with Crippen LogP contribution in [0.15, 0.2) is 78.9 Å². The third-order valence-electron chi connectivity index (χ3n) is 5.34. The standard InChI is InChI=1S/C25H26N2O2/c1-3-29-21-15-13-19(14-16-21)25(28)27-18(2)17-23(22-11-7-8-12-24(22)27)26-20-9-5-4-6-10-20/h4-16,18,23,26H,3,17H2,1-2H3/t18-,23-/m0/s1. The molecule has 1 aliphatic rings. The maximum atomic E-state index is 13.4. The smallest absolute Gasteiger partial charge is 0.258 e. The van der Waals surface area contributed by atoms with Gasteiger partial charge in [-0.15, -0.1) is 0 Å². The Morgan fingerprint density at radius 1 is 1.00 bits per heavy atom. The first-order chi connectivity index (χ1) is 14.2. The van der Waals surface area contributed by atoms with Gasteiger partial charge < -0.3 is 15.0 Å². The van der Waals surface area contributed by atoms with Crippen molar-refractivity contribution in [1.82, 2.24) is 0 Å². The minimum absolute atomic E-state index is 0.0196. The number of rotatable bonds is 5. The molecular weight excluding hydrogens is 360 g/mol. The quantitative estimate of drug-likeness (QED) is 0.613. The molecule has 0 spiro atoms. The van der Waals surface area contributed by atoms with Crippen LogP contribution in [0.25, 0.3) is 0 Å². The number of para-hydroxylation sites is 2. The molecule has 0 aromatic heterocycles. The predicted octanol–water partition coefficient (Wildman–Crippen LogP) is 5.68. The van der Waals surface area contributed by atoms with E-state index >= 15 is 0 Å². The van der Waals surface area contributed by atoms with Crippen LogP contribution < -0.4 is 15.0 Å². The van der Waals surface area contributed by atoms with Gasteiger partial charge in [0.15, 0.2) is 0 Å². The fourth-order valence-electron chi connectivity index (χ4n) is 3.99. The predicted molar refractivity (Wildman–Crippen MR) is 118 cm³/mol. The summed E-state index contributed by atoms with van der Waals surface area (Å²) in [6.45, 7) is 4.67. The molecule has 1 N–H and O–H groups in total. The van der Waals surface area contributed by atoms with Gasteiger partial charge in [-0.3, -0.25) is 4.79 Å². The molecule has 4 nitrogen and oxygen atoms in total. The fourth-order valence-corrected chi connectivity index (χ4v) is 3.99. The summed E-state index contributed by atoms with van der Waals surface area (Å²) in [5, 5.41) is 3.63. The summed E-state index contributed by atoms with van der Waals surface area (Å²) in [6, 6.07) is 26.0. The second-order valence-electron chi connectivity index (χ2n) is 7.34. The zero-order chi connectivity index (χ0) is 20.2. The number of anilines is 2. The molecule has 0 bridgehead atoms. The van der Waals surface area contributed by atoms with Crippen LogP contribution in [-0.2, 0) is 0 Å². The second kappa shape index (κ2) is 8.39. The van der Waals surface area contributed by atoms with E-state index in [1.807, 2.05) is 72.5 Å². The van der Waals surface area contributed by atoms with Gasteiger partial charge in [-0.1, -0.05) is 36.4 Å². The Hall–Kier alpha value is -3.27. The van der Waals surface area contributed by atoms with Crippen molar-refractivity contribution in [2.75, 3.05) is 16.8 Å². The van der Waals surface area contributed by atoms with Crippen LogP contribution in [0, 0.1) is 0 Å². The normalized spacial score (nSPS) is 18.1. The van der Waals surface area contributed by atoms with Crippen LogP contribution in [0.4, 0.5) is 11.4 Å². The number of ether oxygens (including phenoxy) is 1. The summed E-state index contributed by atoms with van der Waals surface area (Å²) >= 11 is 0. The van der Waals surface area contributed by atoms with Crippen molar-refractivity contribution >= 4 is 17.3 Å². The molecule has 0 saturated carbocycles. The number of hydrogen-bond donors (Lipinski definition) is 1. The van der Waals surface area contributed by atoms with Gasteiger partial charge in [0.05, 0.1) is 12.6 Å². The van der Waals surface area contributed by atoms with Gasteiger partial charge in [-0.05, 0) is 68.3 Å². The topological polar surface area (TPSA) is 41.6 Å². The maximum Gasteiger partial charge on any atom is 0.258 e. The lowest BCUT2D eigenvalue weighted by Crippen LogP contribution is -2.44. The molecule has 0 unspecified atom stereocenters. The van der Waals surface area contributed by atoms with E-state index in [2.05, 4.69) is 30.4 Å². The van der Waals surface area contributed by atoms with Gasteiger partial charge in [0.2, 0.25) is 0 Å². The Kier molecular flexibility index (Phi) is 5.52. The molecule has 0 aliphatic carbocycles. The molecular formula is C25H26N2O2. The number of amides is 1. The fraction of sp³-hybridized carbons (Fsp3) is 0.240. The van der Waals surface area contributed by atoms with E-state index in [1.165, 1.54) is 0 Å². The number of benzene rings is 3. The molecule has 1 amide bonds. The third-order valence-corrected chi connectivity index (χ3v) is 5.34. The van der Waals surface area contributed by atoms with Crippen LogP contribution in [0.1, 0.15) is 42.2 Å². The van der Waals surface area contributed by atoms with Crippen LogP contribution in [0.5, 0.6) is 5.75 Å². The van der Waals surface area contributed by atoms with Crippen LogP contribution in [0.3, 0.4) is 0 Å². The molecule has 0 radical (unpaired) electrons. The minimum atomic E-state index is 0.0196. The molecule has 0 fully saturated rings. The Morgan fingerprint density at radius 2 is 1.69 bits per heavy atom. The number of fused-ring (bicyclic) bond motifs is 1. The Labute approximate surface area is 172 Å². The molecule has 148 valence electrons. The molecule has 3 aromatic rings. The van der Waals surface area contributed by atoms with Gasteiger partial charge in [-0.25, -0.2) is 0 Å². The van der Waals surface area contributed by atoms with Crippen LogP contribution >= 0.6 is 0 Å². The monoisotopic (exact) mass is 386 g/mol. The third kappa shape index (κ3) is 3.97. The van der Waals surface area contributed by atoms with Crippen molar-refractivity contribution in [3.05, 3.63) is 90.0 Å².